The van der Waals surface area contributed by atoms with Crippen LogP contribution in [0.3, 0.4) is 0 Å². The molecule has 108 valence electrons. The number of benzene rings is 2. The van der Waals surface area contributed by atoms with Gasteiger partial charge in [0.25, 0.3) is 0 Å². The van der Waals surface area contributed by atoms with E-state index in [1.165, 1.54) is 6.07 Å². The minimum Gasteiger partial charge on any atom is -0.478 e. The van der Waals surface area contributed by atoms with Crippen LogP contribution in [0.2, 0.25) is 0 Å². The lowest BCUT2D eigenvalue weighted by Gasteiger charge is -2.08. The van der Waals surface area contributed by atoms with Crippen LogP contribution in [0.1, 0.15) is 22.3 Å². The molecule has 0 atom stereocenters. The summed E-state index contributed by atoms with van der Waals surface area (Å²) in [6.45, 7) is 0. The monoisotopic (exact) mass is 287 g/mol. The molecule has 2 aromatic rings. The van der Waals surface area contributed by atoms with Crippen LogP contribution >= 0.6 is 0 Å². The molecule has 21 heavy (non-hydrogen) atoms. The quantitative estimate of drug-likeness (QED) is 0.888. The molecule has 2 aromatic carbocycles. The lowest BCUT2D eigenvalue weighted by Crippen LogP contribution is -2.15. The van der Waals surface area contributed by atoms with E-state index in [1.54, 1.807) is 0 Å². The summed E-state index contributed by atoms with van der Waals surface area (Å²) in [5.41, 5.74) is 0.857. The second kappa shape index (κ2) is 6.65. The number of hydrogen-bond acceptors (Lipinski definition) is 2. The SMILES string of the molecule is O=C(CCc1ccccc1)Nc1ccc(F)cc1C(=O)O. The molecular weight excluding hydrogens is 273 g/mol. The smallest absolute Gasteiger partial charge is 0.337 e. The van der Waals surface area contributed by atoms with E-state index in [9.17, 15) is 14.0 Å². The lowest BCUT2D eigenvalue weighted by molar-refractivity contribution is -0.116. The molecule has 0 saturated heterocycles. The van der Waals surface area contributed by atoms with Crippen LogP contribution in [0, 0.1) is 5.82 Å². The molecule has 0 heterocycles. The van der Waals surface area contributed by atoms with Gasteiger partial charge in [0, 0.05) is 6.42 Å². The maximum absolute atomic E-state index is 13.0. The zero-order valence-corrected chi connectivity index (χ0v) is 11.2. The summed E-state index contributed by atoms with van der Waals surface area (Å²) in [5.74, 6) is -2.25. The number of rotatable bonds is 5. The molecule has 2 rings (SSSR count). The van der Waals surface area contributed by atoms with Crippen LogP contribution in [-0.2, 0) is 11.2 Å². The average Bonchev–Trinajstić information content (AvgIpc) is 2.48. The molecule has 0 bridgehead atoms. The minimum absolute atomic E-state index is 0.0990. The van der Waals surface area contributed by atoms with E-state index in [0.29, 0.717) is 6.42 Å². The van der Waals surface area contributed by atoms with E-state index < -0.39 is 11.8 Å². The summed E-state index contributed by atoms with van der Waals surface area (Å²) in [7, 11) is 0. The van der Waals surface area contributed by atoms with E-state index in [-0.39, 0.29) is 23.6 Å². The number of anilines is 1. The molecule has 0 radical (unpaired) electrons. The number of aryl methyl sites for hydroxylation is 1. The summed E-state index contributed by atoms with van der Waals surface area (Å²) < 4.78 is 13.0. The number of carboxylic acids is 1. The van der Waals surface area contributed by atoms with Gasteiger partial charge in [0.05, 0.1) is 11.3 Å². The van der Waals surface area contributed by atoms with E-state index in [0.717, 1.165) is 17.7 Å². The fourth-order valence-corrected chi connectivity index (χ4v) is 1.92. The predicted octanol–water partition coefficient (Wildman–Crippen LogP) is 3.10. The van der Waals surface area contributed by atoms with Crippen molar-refractivity contribution >= 4 is 17.6 Å². The normalized spacial score (nSPS) is 10.1. The Labute approximate surface area is 121 Å². The van der Waals surface area contributed by atoms with E-state index in [4.69, 9.17) is 5.11 Å². The molecule has 0 spiro atoms. The highest BCUT2D eigenvalue weighted by molar-refractivity contribution is 6.00. The molecule has 0 fully saturated rings. The Morgan fingerprint density at radius 3 is 2.48 bits per heavy atom. The number of carboxylic acid groups (broad SMARTS) is 1. The van der Waals surface area contributed by atoms with Crippen LogP contribution in [0.15, 0.2) is 48.5 Å². The Bertz CT molecular complexity index is 656. The summed E-state index contributed by atoms with van der Waals surface area (Å²) in [5, 5.41) is 11.5. The van der Waals surface area contributed by atoms with Crippen molar-refractivity contribution in [2.45, 2.75) is 12.8 Å². The largest absolute Gasteiger partial charge is 0.478 e. The third kappa shape index (κ3) is 4.14. The van der Waals surface area contributed by atoms with Crippen LogP contribution in [0.25, 0.3) is 0 Å². The van der Waals surface area contributed by atoms with Crippen molar-refractivity contribution in [3.8, 4) is 0 Å². The molecule has 0 aliphatic carbocycles. The summed E-state index contributed by atoms with van der Waals surface area (Å²) >= 11 is 0. The van der Waals surface area contributed by atoms with Gasteiger partial charge in [-0.05, 0) is 30.2 Å². The van der Waals surface area contributed by atoms with Crippen molar-refractivity contribution in [2.24, 2.45) is 0 Å². The van der Waals surface area contributed by atoms with Gasteiger partial charge in [0.1, 0.15) is 5.82 Å². The molecule has 4 nitrogen and oxygen atoms in total. The van der Waals surface area contributed by atoms with Crippen LogP contribution < -0.4 is 5.32 Å². The highest BCUT2D eigenvalue weighted by Gasteiger charge is 2.13. The van der Waals surface area contributed by atoms with Gasteiger partial charge >= 0.3 is 5.97 Å². The first-order valence-electron chi connectivity index (χ1n) is 6.43. The number of amides is 1. The Hall–Kier alpha value is -2.69. The van der Waals surface area contributed by atoms with E-state index >= 15 is 0 Å². The Kier molecular flexibility index (Phi) is 4.66. The first kappa shape index (κ1) is 14.7. The summed E-state index contributed by atoms with van der Waals surface area (Å²) in [4.78, 5) is 22.9. The third-order valence-electron chi connectivity index (χ3n) is 2.97. The molecular formula is C16H14FNO3. The highest BCUT2D eigenvalue weighted by atomic mass is 19.1. The molecule has 0 aromatic heterocycles. The van der Waals surface area contributed by atoms with Gasteiger partial charge in [-0.1, -0.05) is 30.3 Å². The Morgan fingerprint density at radius 2 is 1.81 bits per heavy atom. The van der Waals surface area contributed by atoms with E-state index in [1.807, 2.05) is 30.3 Å². The number of carbonyl (C=O) groups is 2. The van der Waals surface area contributed by atoms with Gasteiger partial charge in [-0.15, -0.1) is 0 Å². The van der Waals surface area contributed by atoms with Crippen LogP contribution in [0.4, 0.5) is 10.1 Å². The lowest BCUT2D eigenvalue weighted by atomic mass is 10.1. The van der Waals surface area contributed by atoms with E-state index in [2.05, 4.69) is 5.32 Å². The molecule has 0 aliphatic rings. The molecule has 5 heteroatoms. The van der Waals surface area contributed by atoms with Crippen molar-refractivity contribution in [1.29, 1.82) is 0 Å². The molecule has 2 N–H and O–H groups in total. The molecule has 0 unspecified atom stereocenters. The standard InChI is InChI=1S/C16H14FNO3/c17-12-7-8-14(13(10-12)16(20)21)18-15(19)9-6-11-4-2-1-3-5-11/h1-5,7-8,10H,6,9H2,(H,18,19)(H,20,21). The average molecular weight is 287 g/mol. The highest BCUT2D eigenvalue weighted by Crippen LogP contribution is 2.17. The first-order valence-corrected chi connectivity index (χ1v) is 6.43. The van der Waals surface area contributed by atoms with Crippen LogP contribution in [0.5, 0.6) is 0 Å². The second-order valence-electron chi connectivity index (χ2n) is 4.53. The van der Waals surface area contributed by atoms with Gasteiger partial charge in [-0.25, -0.2) is 9.18 Å². The fraction of sp³-hybridized carbons (Fsp3) is 0.125. The molecule has 0 saturated carbocycles. The van der Waals surface area contributed by atoms with Crippen LogP contribution in [-0.4, -0.2) is 17.0 Å². The second-order valence-corrected chi connectivity index (χ2v) is 4.53. The van der Waals surface area contributed by atoms with Gasteiger partial charge in [-0.2, -0.15) is 0 Å². The van der Waals surface area contributed by atoms with Gasteiger partial charge < -0.3 is 10.4 Å². The van der Waals surface area contributed by atoms with Crippen molar-refractivity contribution in [3.63, 3.8) is 0 Å². The van der Waals surface area contributed by atoms with Gasteiger partial charge in [0.15, 0.2) is 0 Å². The number of nitrogens with one attached hydrogen (secondary N) is 1. The summed E-state index contributed by atoms with van der Waals surface area (Å²) in [6.07, 6.45) is 0.775. The van der Waals surface area contributed by atoms with Crippen molar-refractivity contribution in [3.05, 3.63) is 65.5 Å². The number of aromatic carboxylic acids is 1. The van der Waals surface area contributed by atoms with Gasteiger partial charge in [-0.3, -0.25) is 4.79 Å². The Balaban J connectivity index is 2.01. The number of hydrogen-bond donors (Lipinski definition) is 2. The molecule has 0 aliphatic heterocycles. The van der Waals surface area contributed by atoms with Crippen molar-refractivity contribution < 1.29 is 19.1 Å². The summed E-state index contributed by atoms with van der Waals surface area (Å²) in [6, 6.07) is 12.7. The number of carbonyl (C=O) groups excluding carboxylic acids is 1. The number of halogens is 1. The van der Waals surface area contributed by atoms with Gasteiger partial charge in [0.2, 0.25) is 5.91 Å². The van der Waals surface area contributed by atoms with Crippen molar-refractivity contribution in [2.75, 3.05) is 5.32 Å². The molecule has 1 amide bonds. The first-order chi connectivity index (χ1) is 10.1. The zero-order valence-electron chi connectivity index (χ0n) is 11.2. The zero-order chi connectivity index (χ0) is 15.2. The maximum atomic E-state index is 13.0. The van der Waals surface area contributed by atoms with Crippen molar-refractivity contribution in [1.82, 2.24) is 0 Å². The predicted molar refractivity (Wildman–Crippen MR) is 76.8 cm³/mol. The minimum atomic E-state index is -1.28. The fourth-order valence-electron chi connectivity index (χ4n) is 1.92. The third-order valence-corrected chi connectivity index (χ3v) is 2.97. The Morgan fingerprint density at radius 1 is 1.10 bits per heavy atom. The topological polar surface area (TPSA) is 66.4 Å². The maximum Gasteiger partial charge on any atom is 0.337 e.